The predicted octanol–water partition coefficient (Wildman–Crippen LogP) is 3.11. The summed E-state index contributed by atoms with van der Waals surface area (Å²) in [6, 6.07) is 7.89. The lowest BCUT2D eigenvalue weighted by molar-refractivity contribution is 0.0952. The summed E-state index contributed by atoms with van der Waals surface area (Å²) >= 11 is 0. The van der Waals surface area contributed by atoms with Gasteiger partial charge >= 0.3 is 0 Å². The number of Topliss-reactive ketones (excluding diaryl/α,β-unsaturated/α-hetero) is 1. The number of nitrogens with two attached hydrogens (primary N) is 1. The number of carbonyl (C=O) groups is 1. The Morgan fingerprint density at radius 1 is 1.21 bits per heavy atom. The van der Waals surface area contributed by atoms with Gasteiger partial charge < -0.3 is 10.6 Å². The Labute approximate surface area is 115 Å². The van der Waals surface area contributed by atoms with Crippen molar-refractivity contribution in [1.29, 1.82) is 0 Å². The largest absolute Gasteiger partial charge is 0.399 e. The van der Waals surface area contributed by atoms with E-state index in [1.54, 1.807) is 12.1 Å². The van der Waals surface area contributed by atoms with Crippen LogP contribution in [0.3, 0.4) is 0 Å². The van der Waals surface area contributed by atoms with E-state index in [1.165, 1.54) is 32.1 Å². The normalized spacial score (nSPS) is 16.7. The van der Waals surface area contributed by atoms with Crippen LogP contribution in [0.15, 0.2) is 24.3 Å². The molecular formula is C16H24N2O. The third-order valence-corrected chi connectivity index (χ3v) is 4.12. The number of rotatable bonds is 5. The molecule has 0 spiro atoms. The Bertz CT molecular complexity index is 407. The predicted molar refractivity (Wildman–Crippen MR) is 79.3 cm³/mol. The Morgan fingerprint density at radius 3 is 2.47 bits per heavy atom. The zero-order chi connectivity index (χ0) is 13.7. The van der Waals surface area contributed by atoms with Crippen molar-refractivity contribution in [2.24, 2.45) is 0 Å². The summed E-state index contributed by atoms with van der Waals surface area (Å²) in [4.78, 5) is 14.4. The molecule has 1 fully saturated rings. The third-order valence-electron chi connectivity index (χ3n) is 4.12. The fraction of sp³-hybridized carbons (Fsp3) is 0.562. The quantitative estimate of drug-likeness (QED) is 0.653. The maximum absolute atomic E-state index is 12.1. The van der Waals surface area contributed by atoms with Crippen LogP contribution in [-0.4, -0.2) is 30.3 Å². The molecule has 2 rings (SSSR count). The van der Waals surface area contributed by atoms with E-state index >= 15 is 0 Å². The number of ketones is 1. The van der Waals surface area contributed by atoms with Crippen LogP contribution in [0.5, 0.6) is 0 Å². The van der Waals surface area contributed by atoms with Gasteiger partial charge in [0.1, 0.15) is 0 Å². The summed E-state index contributed by atoms with van der Waals surface area (Å²) in [5, 5.41) is 0. The van der Waals surface area contributed by atoms with Gasteiger partial charge in [-0.3, -0.25) is 4.79 Å². The highest BCUT2D eigenvalue weighted by molar-refractivity contribution is 5.96. The maximum atomic E-state index is 12.1. The lowest BCUT2D eigenvalue weighted by Crippen LogP contribution is -2.34. The first kappa shape index (κ1) is 14.1. The van der Waals surface area contributed by atoms with Gasteiger partial charge in [-0.05, 0) is 44.2 Å². The number of carbonyl (C=O) groups excluding carboxylic acids is 1. The second-order valence-corrected chi connectivity index (χ2v) is 5.57. The molecule has 2 N–H and O–H groups in total. The number of hydrogen-bond acceptors (Lipinski definition) is 3. The average Bonchev–Trinajstić information content (AvgIpc) is 2.46. The maximum Gasteiger partial charge on any atom is 0.164 e. The number of nitrogens with zero attached hydrogens (tertiary/aromatic N) is 1. The average molecular weight is 260 g/mol. The first-order chi connectivity index (χ1) is 9.16. The van der Waals surface area contributed by atoms with E-state index < -0.39 is 0 Å². The SMILES string of the molecule is CN(CCC(=O)c1ccc(N)cc1)C1CCCCC1. The summed E-state index contributed by atoms with van der Waals surface area (Å²) in [6.45, 7) is 0.855. The first-order valence-corrected chi connectivity index (χ1v) is 7.26. The minimum Gasteiger partial charge on any atom is -0.399 e. The van der Waals surface area contributed by atoms with Gasteiger partial charge in [0.15, 0.2) is 5.78 Å². The van der Waals surface area contributed by atoms with E-state index in [-0.39, 0.29) is 5.78 Å². The lowest BCUT2D eigenvalue weighted by Gasteiger charge is -2.30. The molecule has 1 saturated carbocycles. The molecule has 0 atom stereocenters. The minimum absolute atomic E-state index is 0.211. The van der Waals surface area contributed by atoms with E-state index in [2.05, 4.69) is 11.9 Å². The van der Waals surface area contributed by atoms with E-state index in [0.29, 0.717) is 18.2 Å². The summed E-state index contributed by atoms with van der Waals surface area (Å²) in [6.07, 6.45) is 7.20. The molecule has 1 aliphatic rings. The van der Waals surface area contributed by atoms with Crippen LogP contribution < -0.4 is 5.73 Å². The zero-order valence-corrected chi connectivity index (χ0v) is 11.8. The van der Waals surface area contributed by atoms with E-state index in [0.717, 1.165) is 12.1 Å². The Morgan fingerprint density at radius 2 is 1.84 bits per heavy atom. The fourth-order valence-corrected chi connectivity index (χ4v) is 2.80. The monoisotopic (exact) mass is 260 g/mol. The van der Waals surface area contributed by atoms with Crippen molar-refractivity contribution in [1.82, 2.24) is 4.90 Å². The Kier molecular flexibility index (Phi) is 4.97. The zero-order valence-electron chi connectivity index (χ0n) is 11.8. The van der Waals surface area contributed by atoms with Gasteiger partial charge in [-0.1, -0.05) is 19.3 Å². The summed E-state index contributed by atoms with van der Waals surface area (Å²) < 4.78 is 0. The molecular weight excluding hydrogens is 236 g/mol. The topological polar surface area (TPSA) is 46.3 Å². The summed E-state index contributed by atoms with van der Waals surface area (Å²) in [7, 11) is 2.15. The second kappa shape index (κ2) is 6.71. The highest BCUT2D eigenvalue weighted by atomic mass is 16.1. The van der Waals surface area contributed by atoms with Crippen LogP contribution >= 0.6 is 0 Å². The smallest absolute Gasteiger partial charge is 0.164 e. The van der Waals surface area contributed by atoms with Crippen LogP contribution in [0.4, 0.5) is 5.69 Å². The van der Waals surface area contributed by atoms with Crippen LogP contribution in [0, 0.1) is 0 Å². The van der Waals surface area contributed by atoms with Crippen molar-refractivity contribution in [3.63, 3.8) is 0 Å². The van der Waals surface area contributed by atoms with Crippen molar-refractivity contribution in [3.05, 3.63) is 29.8 Å². The molecule has 0 bridgehead atoms. The molecule has 0 amide bonds. The van der Waals surface area contributed by atoms with Gasteiger partial charge in [-0.25, -0.2) is 0 Å². The van der Waals surface area contributed by atoms with Crippen molar-refractivity contribution in [3.8, 4) is 0 Å². The first-order valence-electron chi connectivity index (χ1n) is 7.26. The highest BCUT2D eigenvalue weighted by Gasteiger charge is 2.18. The van der Waals surface area contributed by atoms with Crippen LogP contribution in [0.1, 0.15) is 48.9 Å². The van der Waals surface area contributed by atoms with Crippen molar-refractivity contribution in [2.75, 3.05) is 19.3 Å². The molecule has 0 aliphatic heterocycles. The summed E-state index contributed by atoms with van der Waals surface area (Å²) in [5.74, 6) is 0.211. The standard InChI is InChI=1S/C16H24N2O/c1-18(15-5-3-2-4-6-15)12-11-16(19)13-7-9-14(17)10-8-13/h7-10,15H,2-6,11-12,17H2,1H3. The molecule has 0 unspecified atom stereocenters. The Balaban J connectivity index is 1.81. The lowest BCUT2D eigenvalue weighted by atomic mass is 9.94. The molecule has 0 heterocycles. The van der Waals surface area contributed by atoms with Gasteiger partial charge in [0.2, 0.25) is 0 Å². The Hall–Kier alpha value is -1.35. The van der Waals surface area contributed by atoms with E-state index in [1.807, 2.05) is 12.1 Å². The van der Waals surface area contributed by atoms with Crippen molar-refractivity contribution in [2.45, 2.75) is 44.6 Å². The van der Waals surface area contributed by atoms with Gasteiger partial charge in [0.25, 0.3) is 0 Å². The third kappa shape index (κ3) is 4.06. The van der Waals surface area contributed by atoms with Gasteiger partial charge in [0, 0.05) is 30.3 Å². The van der Waals surface area contributed by atoms with Crippen molar-refractivity contribution >= 4 is 11.5 Å². The fourth-order valence-electron chi connectivity index (χ4n) is 2.80. The number of nitrogen functional groups attached to an aromatic ring is 1. The molecule has 0 radical (unpaired) electrons. The van der Waals surface area contributed by atoms with Gasteiger partial charge in [-0.15, -0.1) is 0 Å². The highest BCUT2D eigenvalue weighted by Crippen LogP contribution is 2.21. The molecule has 0 saturated heterocycles. The van der Waals surface area contributed by atoms with Crippen LogP contribution in [-0.2, 0) is 0 Å². The molecule has 3 heteroatoms. The molecule has 3 nitrogen and oxygen atoms in total. The minimum atomic E-state index is 0.211. The van der Waals surface area contributed by atoms with Crippen LogP contribution in [0.25, 0.3) is 0 Å². The van der Waals surface area contributed by atoms with E-state index in [9.17, 15) is 4.79 Å². The molecule has 19 heavy (non-hydrogen) atoms. The number of hydrogen-bond donors (Lipinski definition) is 1. The summed E-state index contributed by atoms with van der Waals surface area (Å²) in [5.41, 5.74) is 7.10. The molecule has 1 aliphatic carbocycles. The number of benzene rings is 1. The van der Waals surface area contributed by atoms with Crippen LogP contribution in [0.2, 0.25) is 0 Å². The second-order valence-electron chi connectivity index (χ2n) is 5.57. The van der Waals surface area contributed by atoms with Gasteiger partial charge in [-0.2, -0.15) is 0 Å². The molecule has 1 aromatic rings. The molecule has 1 aromatic carbocycles. The number of anilines is 1. The van der Waals surface area contributed by atoms with E-state index in [4.69, 9.17) is 5.73 Å². The van der Waals surface area contributed by atoms with Crippen molar-refractivity contribution < 1.29 is 4.79 Å². The van der Waals surface area contributed by atoms with Gasteiger partial charge in [0.05, 0.1) is 0 Å². The molecule has 0 aromatic heterocycles. The molecule has 104 valence electrons.